The van der Waals surface area contributed by atoms with E-state index in [0.29, 0.717) is 11.4 Å². The van der Waals surface area contributed by atoms with Crippen LogP contribution in [0.15, 0.2) is 42.6 Å². The van der Waals surface area contributed by atoms with Crippen molar-refractivity contribution < 1.29 is 9.53 Å². The number of benzene rings is 1. The first-order valence-corrected chi connectivity index (χ1v) is 7.64. The number of aromatic nitrogens is 1. The summed E-state index contributed by atoms with van der Waals surface area (Å²) in [4.78, 5) is 16.4. The van der Waals surface area contributed by atoms with Crippen LogP contribution < -0.4 is 10.1 Å². The fourth-order valence-electron chi connectivity index (χ4n) is 2.93. The Morgan fingerprint density at radius 2 is 2.05 bits per heavy atom. The zero-order chi connectivity index (χ0) is 15.4. The molecule has 1 aromatic carbocycles. The zero-order valence-corrected chi connectivity index (χ0v) is 12.7. The third kappa shape index (κ3) is 3.27. The maximum atomic E-state index is 12.3. The second-order valence-corrected chi connectivity index (χ2v) is 5.62. The number of aryl methyl sites for hydroxylation is 1. The van der Waals surface area contributed by atoms with Crippen molar-refractivity contribution in [3.8, 4) is 5.88 Å². The minimum atomic E-state index is -0.0699. The zero-order valence-electron chi connectivity index (χ0n) is 12.7. The van der Waals surface area contributed by atoms with E-state index in [-0.39, 0.29) is 11.9 Å². The third-order valence-corrected chi connectivity index (χ3v) is 4.13. The van der Waals surface area contributed by atoms with Crippen molar-refractivity contribution in [1.29, 1.82) is 0 Å². The van der Waals surface area contributed by atoms with Gasteiger partial charge < -0.3 is 10.1 Å². The van der Waals surface area contributed by atoms with E-state index in [1.807, 2.05) is 0 Å². The molecule has 0 spiro atoms. The number of nitrogens with zero attached hydrogens (tertiary/aromatic N) is 1. The van der Waals surface area contributed by atoms with E-state index in [0.717, 1.165) is 25.7 Å². The van der Waals surface area contributed by atoms with Crippen LogP contribution in [-0.4, -0.2) is 24.0 Å². The van der Waals surface area contributed by atoms with Gasteiger partial charge in [0, 0.05) is 18.3 Å². The van der Waals surface area contributed by atoms with Crippen LogP contribution in [0.5, 0.6) is 5.88 Å². The summed E-state index contributed by atoms with van der Waals surface area (Å²) < 4.78 is 5.01. The predicted molar refractivity (Wildman–Crippen MR) is 85.1 cm³/mol. The molecule has 1 aliphatic rings. The maximum absolute atomic E-state index is 12.3. The molecule has 0 aliphatic heterocycles. The van der Waals surface area contributed by atoms with Crippen molar-refractivity contribution in [2.75, 3.05) is 7.11 Å². The van der Waals surface area contributed by atoms with Crippen molar-refractivity contribution in [3.63, 3.8) is 0 Å². The molecule has 0 saturated carbocycles. The average Bonchev–Trinajstić information content (AvgIpc) is 2.76. The van der Waals surface area contributed by atoms with Gasteiger partial charge in [0.05, 0.1) is 12.7 Å². The fraction of sp³-hybridized carbons (Fsp3) is 0.333. The highest BCUT2D eigenvalue weighted by Gasteiger charge is 2.19. The Labute approximate surface area is 130 Å². The second-order valence-electron chi connectivity index (χ2n) is 5.62. The van der Waals surface area contributed by atoms with Crippen LogP contribution in [0.25, 0.3) is 0 Å². The van der Waals surface area contributed by atoms with Crippen molar-refractivity contribution in [3.05, 3.63) is 59.3 Å². The minimum Gasteiger partial charge on any atom is -0.481 e. The number of fused-ring (bicyclic) bond motifs is 1. The van der Waals surface area contributed by atoms with E-state index >= 15 is 0 Å². The molecular formula is C18H20N2O2. The molecule has 0 radical (unpaired) electrons. The van der Waals surface area contributed by atoms with E-state index in [4.69, 9.17) is 4.74 Å². The topological polar surface area (TPSA) is 51.2 Å². The number of hydrogen-bond acceptors (Lipinski definition) is 3. The first-order chi connectivity index (χ1) is 10.8. The number of carbonyl (C=O) groups is 1. The summed E-state index contributed by atoms with van der Waals surface area (Å²) in [5, 5.41) is 3.13. The smallest absolute Gasteiger partial charge is 0.253 e. The van der Waals surface area contributed by atoms with Gasteiger partial charge in [-0.2, -0.15) is 0 Å². The Bertz CT molecular complexity index is 652. The highest BCUT2D eigenvalue weighted by molar-refractivity contribution is 5.94. The third-order valence-electron chi connectivity index (χ3n) is 4.13. The van der Waals surface area contributed by atoms with Gasteiger partial charge in [-0.3, -0.25) is 4.79 Å². The summed E-state index contributed by atoms with van der Waals surface area (Å²) in [5.74, 6) is 0.444. The molecule has 4 heteroatoms. The molecule has 0 fully saturated rings. The van der Waals surface area contributed by atoms with Crippen LogP contribution >= 0.6 is 0 Å². The number of rotatable bonds is 3. The van der Waals surface area contributed by atoms with E-state index in [9.17, 15) is 4.79 Å². The Kier molecular flexibility index (Phi) is 4.37. The van der Waals surface area contributed by atoms with E-state index in [1.165, 1.54) is 11.1 Å². The lowest BCUT2D eigenvalue weighted by Crippen LogP contribution is -2.36. The molecule has 0 unspecified atom stereocenters. The highest BCUT2D eigenvalue weighted by atomic mass is 16.5. The molecule has 3 rings (SSSR count). The van der Waals surface area contributed by atoms with Gasteiger partial charge in [-0.05, 0) is 42.9 Å². The van der Waals surface area contributed by atoms with Crippen LogP contribution in [0, 0.1) is 0 Å². The van der Waals surface area contributed by atoms with Crippen LogP contribution in [0.3, 0.4) is 0 Å². The van der Waals surface area contributed by atoms with Crippen LogP contribution in [0.4, 0.5) is 0 Å². The van der Waals surface area contributed by atoms with Crippen molar-refractivity contribution >= 4 is 5.91 Å². The van der Waals surface area contributed by atoms with Crippen LogP contribution in [0.1, 0.15) is 34.3 Å². The number of amides is 1. The van der Waals surface area contributed by atoms with Gasteiger partial charge in [0.2, 0.25) is 5.88 Å². The van der Waals surface area contributed by atoms with Gasteiger partial charge in [0.15, 0.2) is 0 Å². The molecule has 1 amide bonds. The highest BCUT2D eigenvalue weighted by Crippen LogP contribution is 2.21. The lowest BCUT2D eigenvalue weighted by atomic mass is 10.0. The molecule has 0 saturated heterocycles. The summed E-state index contributed by atoms with van der Waals surface area (Å²) in [6.45, 7) is 0. The molecule has 114 valence electrons. The molecule has 2 aromatic rings. The predicted octanol–water partition coefficient (Wildman–Crippen LogP) is 2.77. The van der Waals surface area contributed by atoms with Gasteiger partial charge in [-0.25, -0.2) is 4.98 Å². The Hall–Kier alpha value is -2.36. The lowest BCUT2D eigenvalue weighted by molar-refractivity contribution is 0.0934. The van der Waals surface area contributed by atoms with E-state index in [1.54, 1.807) is 25.4 Å². The molecule has 1 heterocycles. The number of carbonyl (C=O) groups excluding carboxylic acids is 1. The maximum Gasteiger partial charge on any atom is 0.253 e. The summed E-state index contributed by atoms with van der Waals surface area (Å²) in [7, 11) is 1.56. The standard InChI is InChI=1S/C18H20N2O2/c1-22-17-10-9-15(12-19-17)18(21)20-16-8-4-7-13-5-2-3-6-14(13)11-16/h2-3,5-6,9-10,12,16H,4,7-8,11H2,1H3,(H,20,21)/t16-/m0/s1. The number of hydrogen-bond donors (Lipinski definition) is 1. The molecule has 0 bridgehead atoms. The van der Waals surface area contributed by atoms with Gasteiger partial charge in [-0.15, -0.1) is 0 Å². The Balaban J connectivity index is 1.68. The van der Waals surface area contributed by atoms with Crippen LogP contribution in [0.2, 0.25) is 0 Å². The largest absolute Gasteiger partial charge is 0.481 e. The molecule has 4 nitrogen and oxygen atoms in total. The molecule has 1 atom stereocenters. The SMILES string of the molecule is COc1ccc(C(=O)N[C@H]2CCCc3ccccc3C2)cn1. The molecule has 1 aromatic heterocycles. The Morgan fingerprint density at radius 3 is 2.77 bits per heavy atom. The van der Waals surface area contributed by atoms with Gasteiger partial charge >= 0.3 is 0 Å². The molecule has 22 heavy (non-hydrogen) atoms. The van der Waals surface area contributed by atoms with Gasteiger partial charge in [0.25, 0.3) is 5.91 Å². The number of pyridine rings is 1. The lowest BCUT2D eigenvalue weighted by Gasteiger charge is -2.17. The molecule has 1 aliphatic carbocycles. The fourth-order valence-corrected chi connectivity index (χ4v) is 2.93. The van der Waals surface area contributed by atoms with E-state index < -0.39 is 0 Å². The first kappa shape index (κ1) is 14.6. The summed E-state index contributed by atoms with van der Waals surface area (Å²) in [6.07, 6.45) is 5.64. The van der Waals surface area contributed by atoms with Crippen LogP contribution in [-0.2, 0) is 12.8 Å². The number of ether oxygens (including phenoxy) is 1. The van der Waals surface area contributed by atoms with Crippen molar-refractivity contribution in [1.82, 2.24) is 10.3 Å². The molecular weight excluding hydrogens is 276 g/mol. The monoisotopic (exact) mass is 296 g/mol. The van der Waals surface area contributed by atoms with Gasteiger partial charge in [0.1, 0.15) is 0 Å². The quantitative estimate of drug-likeness (QED) is 0.886. The number of nitrogens with one attached hydrogen (secondary N) is 1. The Morgan fingerprint density at radius 1 is 1.23 bits per heavy atom. The summed E-state index contributed by atoms with van der Waals surface area (Å²) >= 11 is 0. The normalized spacial score (nSPS) is 17.2. The summed E-state index contributed by atoms with van der Waals surface area (Å²) in [5.41, 5.74) is 3.32. The van der Waals surface area contributed by atoms with E-state index in [2.05, 4.69) is 34.6 Å². The summed E-state index contributed by atoms with van der Waals surface area (Å²) in [6, 6.07) is 12.1. The second kappa shape index (κ2) is 6.60. The molecule has 1 N–H and O–H groups in total. The average molecular weight is 296 g/mol. The number of methoxy groups -OCH3 is 1. The van der Waals surface area contributed by atoms with Gasteiger partial charge in [-0.1, -0.05) is 24.3 Å². The first-order valence-electron chi connectivity index (χ1n) is 7.64. The van der Waals surface area contributed by atoms with Crippen molar-refractivity contribution in [2.24, 2.45) is 0 Å². The minimum absolute atomic E-state index is 0.0699. The van der Waals surface area contributed by atoms with Crippen molar-refractivity contribution in [2.45, 2.75) is 31.7 Å².